The van der Waals surface area contributed by atoms with E-state index in [2.05, 4.69) is 5.32 Å². The van der Waals surface area contributed by atoms with Crippen LogP contribution in [0, 0.1) is 0 Å². The molecule has 2 aromatic carbocycles. The number of cyclic esters (lactones) is 2. The van der Waals surface area contributed by atoms with Gasteiger partial charge in [0.15, 0.2) is 5.57 Å². The molecule has 1 fully saturated rings. The topological polar surface area (TPSA) is 102 Å². The molecule has 3 rings (SSSR count). The van der Waals surface area contributed by atoms with E-state index in [1.807, 2.05) is 6.07 Å². The lowest BCUT2D eigenvalue weighted by atomic mass is 10.0. The Morgan fingerprint density at radius 3 is 2.10 bits per heavy atom. The zero-order chi connectivity index (χ0) is 21.0. The zero-order valence-electron chi connectivity index (χ0n) is 15.8. The van der Waals surface area contributed by atoms with E-state index in [1.165, 1.54) is 20.0 Å². The van der Waals surface area contributed by atoms with E-state index in [0.717, 1.165) is 0 Å². The van der Waals surface area contributed by atoms with Gasteiger partial charge in [0.2, 0.25) is 0 Å². The summed E-state index contributed by atoms with van der Waals surface area (Å²) in [7, 11) is 0. The highest BCUT2D eigenvalue weighted by Gasteiger charge is 2.38. The Hall–Kier alpha value is -3.87. The first kappa shape index (κ1) is 19.9. The first-order chi connectivity index (χ1) is 13.7. The molecule has 29 heavy (non-hydrogen) atoms. The van der Waals surface area contributed by atoms with Gasteiger partial charge >= 0.3 is 17.9 Å². The average molecular weight is 393 g/mol. The van der Waals surface area contributed by atoms with Crippen molar-refractivity contribution in [3.63, 3.8) is 0 Å². The SMILES string of the molecule is CC1(C)OC(=O)C(=CNc2ccc(C=C(C(=O)O)c3ccccc3)cc2)C(=O)O1. The number of rotatable bonds is 5. The molecule has 1 aliphatic rings. The van der Waals surface area contributed by atoms with Gasteiger partial charge in [-0.2, -0.15) is 0 Å². The molecule has 0 spiro atoms. The summed E-state index contributed by atoms with van der Waals surface area (Å²) in [5.41, 5.74) is 1.80. The molecule has 1 saturated heterocycles. The average Bonchev–Trinajstić information content (AvgIpc) is 2.66. The van der Waals surface area contributed by atoms with Crippen molar-refractivity contribution in [1.82, 2.24) is 0 Å². The molecule has 148 valence electrons. The van der Waals surface area contributed by atoms with Crippen molar-refractivity contribution in [3.05, 3.63) is 77.5 Å². The largest absolute Gasteiger partial charge is 0.478 e. The van der Waals surface area contributed by atoms with Gasteiger partial charge in [-0.05, 0) is 29.3 Å². The van der Waals surface area contributed by atoms with Crippen LogP contribution < -0.4 is 5.32 Å². The van der Waals surface area contributed by atoms with Gasteiger partial charge in [-0.15, -0.1) is 0 Å². The molecular formula is C22H19NO6. The molecule has 7 heteroatoms. The fourth-order valence-corrected chi connectivity index (χ4v) is 2.66. The number of nitrogens with one attached hydrogen (secondary N) is 1. The molecule has 1 heterocycles. The third-order valence-electron chi connectivity index (χ3n) is 4.04. The van der Waals surface area contributed by atoms with Gasteiger partial charge in [0.25, 0.3) is 5.79 Å². The molecule has 2 aromatic rings. The van der Waals surface area contributed by atoms with Crippen molar-refractivity contribution >= 4 is 35.2 Å². The van der Waals surface area contributed by atoms with Crippen LogP contribution in [0.2, 0.25) is 0 Å². The molecule has 1 aliphatic heterocycles. The van der Waals surface area contributed by atoms with Gasteiger partial charge in [0.1, 0.15) is 0 Å². The predicted molar refractivity (Wildman–Crippen MR) is 106 cm³/mol. The summed E-state index contributed by atoms with van der Waals surface area (Å²) >= 11 is 0. The van der Waals surface area contributed by atoms with Crippen LogP contribution in [0.3, 0.4) is 0 Å². The van der Waals surface area contributed by atoms with E-state index >= 15 is 0 Å². The number of carboxylic acid groups (broad SMARTS) is 1. The van der Waals surface area contributed by atoms with Crippen molar-refractivity contribution in [2.24, 2.45) is 0 Å². The Morgan fingerprint density at radius 1 is 0.966 bits per heavy atom. The second-order valence-corrected chi connectivity index (χ2v) is 6.73. The van der Waals surface area contributed by atoms with Crippen molar-refractivity contribution in [1.29, 1.82) is 0 Å². The molecule has 2 N–H and O–H groups in total. The molecule has 0 saturated carbocycles. The van der Waals surface area contributed by atoms with Crippen molar-refractivity contribution in [2.75, 3.05) is 5.32 Å². The van der Waals surface area contributed by atoms with Crippen LogP contribution in [-0.2, 0) is 23.9 Å². The molecule has 0 unspecified atom stereocenters. The number of anilines is 1. The highest BCUT2D eigenvalue weighted by molar-refractivity contribution is 6.20. The Kier molecular flexibility index (Phi) is 5.50. The maximum absolute atomic E-state index is 11.9. The lowest BCUT2D eigenvalue weighted by molar-refractivity contribution is -0.222. The second-order valence-electron chi connectivity index (χ2n) is 6.73. The Labute approximate surface area is 167 Å². The van der Waals surface area contributed by atoms with E-state index in [9.17, 15) is 19.5 Å². The minimum Gasteiger partial charge on any atom is -0.478 e. The van der Waals surface area contributed by atoms with Gasteiger partial charge in [-0.1, -0.05) is 42.5 Å². The number of aliphatic carboxylic acids is 1. The van der Waals surface area contributed by atoms with Crippen molar-refractivity contribution in [3.8, 4) is 0 Å². The molecule has 0 amide bonds. The van der Waals surface area contributed by atoms with Crippen LogP contribution in [0.25, 0.3) is 11.6 Å². The summed E-state index contributed by atoms with van der Waals surface area (Å²) in [5, 5.41) is 12.3. The number of hydrogen-bond donors (Lipinski definition) is 2. The van der Waals surface area contributed by atoms with Gasteiger partial charge < -0.3 is 19.9 Å². The van der Waals surface area contributed by atoms with Gasteiger partial charge in [-0.3, -0.25) is 0 Å². The number of carbonyl (C=O) groups is 3. The summed E-state index contributed by atoms with van der Waals surface area (Å²) in [6.07, 6.45) is 2.79. The maximum Gasteiger partial charge on any atom is 0.350 e. The number of esters is 2. The number of carboxylic acids is 1. The smallest absolute Gasteiger partial charge is 0.350 e. The van der Waals surface area contributed by atoms with Crippen LogP contribution in [0.5, 0.6) is 0 Å². The quantitative estimate of drug-likeness (QED) is 0.347. The fourth-order valence-electron chi connectivity index (χ4n) is 2.66. The minimum absolute atomic E-state index is 0.170. The molecule has 7 nitrogen and oxygen atoms in total. The molecule has 0 aromatic heterocycles. The maximum atomic E-state index is 11.9. The molecule has 0 aliphatic carbocycles. The molecule has 0 bridgehead atoms. The summed E-state index contributed by atoms with van der Waals surface area (Å²) in [6, 6.07) is 15.6. The number of hydrogen-bond acceptors (Lipinski definition) is 6. The van der Waals surface area contributed by atoms with Crippen molar-refractivity contribution < 1.29 is 29.0 Å². The van der Waals surface area contributed by atoms with Gasteiger partial charge in [0.05, 0.1) is 5.57 Å². The Bertz CT molecular complexity index is 981. The van der Waals surface area contributed by atoms with E-state index in [4.69, 9.17) is 9.47 Å². The summed E-state index contributed by atoms with van der Waals surface area (Å²) < 4.78 is 10.0. The monoisotopic (exact) mass is 393 g/mol. The summed E-state index contributed by atoms with van der Waals surface area (Å²) in [4.78, 5) is 35.4. The van der Waals surface area contributed by atoms with E-state index in [0.29, 0.717) is 16.8 Å². The van der Waals surface area contributed by atoms with Gasteiger partial charge in [0, 0.05) is 25.7 Å². The standard InChI is InChI=1S/C22H19NO6/c1-22(2)28-20(26)18(21(27)29-22)13-23-16-10-8-14(9-11-16)12-17(19(24)25)15-6-4-3-5-7-15/h3-13,23H,1-2H3,(H,24,25). The van der Waals surface area contributed by atoms with Crippen LogP contribution in [0.1, 0.15) is 25.0 Å². The van der Waals surface area contributed by atoms with Crippen LogP contribution >= 0.6 is 0 Å². The molecule has 0 radical (unpaired) electrons. The lowest BCUT2D eigenvalue weighted by Gasteiger charge is -2.29. The third-order valence-corrected chi connectivity index (χ3v) is 4.04. The van der Waals surface area contributed by atoms with Crippen molar-refractivity contribution in [2.45, 2.75) is 19.6 Å². The number of ether oxygens (including phenoxy) is 2. The lowest BCUT2D eigenvalue weighted by Crippen LogP contribution is -2.42. The fraction of sp³-hybridized carbons (Fsp3) is 0.136. The van der Waals surface area contributed by atoms with E-state index in [1.54, 1.807) is 54.6 Å². The van der Waals surface area contributed by atoms with Crippen LogP contribution in [-0.4, -0.2) is 28.8 Å². The number of benzene rings is 2. The minimum atomic E-state index is -1.29. The molecule has 0 atom stereocenters. The van der Waals surface area contributed by atoms with Crippen LogP contribution in [0.15, 0.2) is 66.4 Å². The van der Waals surface area contributed by atoms with Crippen LogP contribution in [0.4, 0.5) is 5.69 Å². The van der Waals surface area contributed by atoms with Gasteiger partial charge in [-0.25, -0.2) is 14.4 Å². The number of carbonyl (C=O) groups excluding carboxylic acids is 2. The summed E-state index contributed by atoms with van der Waals surface area (Å²) in [5.74, 6) is -3.86. The summed E-state index contributed by atoms with van der Waals surface area (Å²) in [6.45, 7) is 2.94. The van der Waals surface area contributed by atoms with E-state index < -0.39 is 23.7 Å². The first-order valence-corrected chi connectivity index (χ1v) is 8.79. The second kappa shape index (κ2) is 8.02. The Morgan fingerprint density at radius 2 is 1.55 bits per heavy atom. The highest BCUT2D eigenvalue weighted by Crippen LogP contribution is 2.23. The zero-order valence-corrected chi connectivity index (χ0v) is 15.8. The highest BCUT2D eigenvalue weighted by atomic mass is 16.7. The Balaban J connectivity index is 1.76. The molecular weight excluding hydrogens is 374 g/mol. The third kappa shape index (κ3) is 4.90. The van der Waals surface area contributed by atoms with E-state index in [-0.39, 0.29) is 11.1 Å². The first-order valence-electron chi connectivity index (χ1n) is 8.79. The normalized spacial score (nSPS) is 15.9. The predicted octanol–water partition coefficient (Wildman–Crippen LogP) is 3.44.